The Bertz CT molecular complexity index is 389. The fourth-order valence-corrected chi connectivity index (χ4v) is 4.02. The lowest BCUT2D eigenvalue weighted by Crippen LogP contribution is -2.46. The van der Waals surface area contributed by atoms with E-state index in [9.17, 15) is 0 Å². The van der Waals surface area contributed by atoms with Gasteiger partial charge in [0.05, 0.1) is 0 Å². The summed E-state index contributed by atoms with van der Waals surface area (Å²) in [7, 11) is 1.85. The van der Waals surface area contributed by atoms with Crippen molar-refractivity contribution in [2.45, 2.75) is 31.7 Å². The van der Waals surface area contributed by atoms with Crippen LogP contribution < -0.4 is 10.6 Å². The van der Waals surface area contributed by atoms with Crippen LogP contribution in [0.5, 0.6) is 0 Å². The molecule has 1 fully saturated rings. The van der Waals surface area contributed by atoms with Crippen molar-refractivity contribution in [3.63, 3.8) is 0 Å². The number of nitrogens with zero attached hydrogens (tertiary/aromatic N) is 1. The van der Waals surface area contributed by atoms with Crippen molar-refractivity contribution in [2.24, 2.45) is 4.99 Å². The van der Waals surface area contributed by atoms with E-state index in [4.69, 9.17) is 0 Å². The van der Waals surface area contributed by atoms with Gasteiger partial charge in [0.1, 0.15) is 0 Å². The second-order valence-electron chi connectivity index (χ2n) is 4.97. The first-order chi connectivity index (χ1) is 9.29. The third-order valence-electron chi connectivity index (χ3n) is 3.41. The average Bonchev–Trinajstić information content (AvgIpc) is 2.98. The molecule has 1 aliphatic rings. The molecule has 1 aliphatic heterocycles. The maximum absolute atomic E-state index is 4.32. The lowest BCUT2D eigenvalue weighted by molar-refractivity contribution is 0.578. The highest BCUT2D eigenvalue weighted by molar-refractivity contribution is 14.0. The Morgan fingerprint density at radius 3 is 3.00 bits per heavy atom. The molecule has 0 bridgehead atoms. The molecule has 114 valence electrons. The Morgan fingerprint density at radius 1 is 1.55 bits per heavy atom. The zero-order valence-corrected chi connectivity index (χ0v) is 16.1. The average molecular weight is 425 g/mol. The minimum atomic E-state index is 0. The summed E-state index contributed by atoms with van der Waals surface area (Å²) in [6.45, 7) is 3.18. The summed E-state index contributed by atoms with van der Waals surface area (Å²) in [6.07, 6.45) is 2.57. The molecule has 2 atom stereocenters. The van der Waals surface area contributed by atoms with Crippen molar-refractivity contribution in [3.05, 3.63) is 22.4 Å². The molecule has 0 aliphatic carbocycles. The number of thioether (sulfide) groups is 1. The topological polar surface area (TPSA) is 36.4 Å². The molecule has 2 rings (SSSR count). The van der Waals surface area contributed by atoms with Crippen LogP contribution in [0.3, 0.4) is 0 Å². The lowest BCUT2D eigenvalue weighted by Gasteiger charge is -2.25. The van der Waals surface area contributed by atoms with Crippen LogP contribution in [-0.4, -0.2) is 37.1 Å². The van der Waals surface area contributed by atoms with Gasteiger partial charge in [-0.3, -0.25) is 4.99 Å². The summed E-state index contributed by atoms with van der Waals surface area (Å²) in [5, 5.41) is 11.3. The van der Waals surface area contributed by atoms with Crippen LogP contribution in [-0.2, 0) is 0 Å². The number of guanidine groups is 1. The van der Waals surface area contributed by atoms with Gasteiger partial charge >= 0.3 is 0 Å². The van der Waals surface area contributed by atoms with Crippen LogP contribution in [0.25, 0.3) is 0 Å². The Morgan fingerprint density at radius 2 is 2.40 bits per heavy atom. The minimum absolute atomic E-state index is 0. The number of hydrogen-bond donors (Lipinski definition) is 2. The van der Waals surface area contributed by atoms with Gasteiger partial charge < -0.3 is 10.6 Å². The van der Waals surface area contributed by atoms with Gasteiger partial charge in [0.2, 0.25) is 0 Å². The van der Waals surface area contributed by atoms with Crippen molar-refractivity contribution in [2.75, 3.05) is 25.1 Å². The maximum atomic E-state index is 4.32. The van der Waals surface area contributed by atoms with Gasteiger partial charge in [0, 0.05) is 25.4 Å². The second-order valence-corrected chi connectivity index (χ2v) is 6.90. The van der Waals surface area contributed by atoms with Crippen molar-refractivity contribution in [1.82, 2.24) is 10.6 Å². The maximum Gasteiger partial charge on any atom is 0.191 e. The molecule has 2 heterocycles. The van der Waals surface area contributed by atoms with Crippen LogP contribution >= 0.6 is 47.1 Å². The molecule has 1 aromatic rings. The zero-order chi connectivity index (χ0) is 13.5. The van der Waals surface area contributed by atoms with E-state index in [-0.39, 0.29) is 24.0 Å². The quantitative estimate of drug-likeness (QED) is 0.440. The summed E-state index contributed by atoms with van der Waals surface area (Å²) in [5.74, 6) is 3.96. The predicted octanol–water partition coefficient (Wildman–Crippen LogP) is 3.53. The molecular weight excluding hydrogens is 401 g/mol. The number of thiophene rings is 1. The third kappa shape index (κ3) is 5.81. The van der Waals surface area contributed by atoms with Crippen molar-refractivity contribution >= 4 is 53.0 Å². The molecule has 0 spiro atoms. The van der Waals surface area contributed by atoms with Gasteiger partial charge in [0.25, 0.3) is 0 Å². The summed E-state index contributed by atoms with van der Waals surface area (Å²) >= 11 is 3.79. The molecule has 2 N–H and O–H groups in total. The molecule has 6 heteroatoms. The summed E-state index contributed by atoms with van der Waals surface area (Å²) < 4.78 is 0. The van der Waals surface area contributed by atoms with E-state index in [1.54, 1.807) is 11.3 Å². The van der Waals surface area contributed by atoms with Crippen LogP contribution in [0.4, 0.5) is 0 Å². The molecule has 0 amide bonds. The molecule has 0 radical (unpaired) electrons. The second kappa shape index (κ2) is 9.89. The van der Waals surface area contributed by atoms with Crippen LogP contribution in [0, 0.1) is 0 Å². The lowest BCUT2D eigenvalue weighted by atomic mass is 10.1. The monoisotopic (exact) mass is 425 g/mol. The van der Waals surface area contributed by atoms with Crippen molar-refractivity contribution in [1.29, 1.82) is 0 Å². The molecule has 1 saturated heterocycles. The summed E-state index contributed by atoms with van der Waals surface area (Å²) in [5.41, 5.74) is 1.40. The zero-order valence-electron chi connectivity index (χ0n) is 12.1. The van der Waals surface area contributed by atoms with Gasteiger partial charge in [-0.1, -0.05) is 6.92 Å². The van der Waals surface area contributed by atoms with Crippen LogP contribution in [0.2, 0.25) is 0 Å². The molecule has 0 aromatic carbocycles. The molecular formula is C14H24IN3S2. The number of nitrogens with one attached hydrogen (secondary N) is 2. The van der Waals surface area contributed by atoms with Gasteiger partial charge in [0.15, 0.2) is 5.96 Å². The first kappa shape index (κ1) is 18.1. The largest absolute Gasteiger partial charge is 0.356 e. The highest BCUT2D eigenvalue weighted by Gasteiger charge is 2.15. The van der Waals surface area contributed by atoms with Crippen LogP contribution in [0.15, 0.2) is 21.8 Å². The molecule has 1 aromatic heterocycles. The SMILES string of the molecule is CN=C(NCC(C)c1ccsc1)NC1CCCSC1.I. The van der Waals surface area contributed by atoms with Gasteiger partial charge in [-0.25, -0.2) is 0 Å². The van der Waals surface area contributed by atoms with Gasteiger partial charge in [-0.15, -0.1) is 24.0 Å². The van der Waals surface area contributed by atoms with E-state index < -0.39 is 0 Å². The van der Waals surface area contributed by atoms with E-state index in [2.05, 4.69) is 39.4 Å². The smallest absolute Gasteiger partial charge is 0.191 e. The number of hydrogen-bond acceptors (Lipinski definition) is 3. The highest BCUT2D eigenvalue weighted by Crippen LogP contribution is 2.18. The van der Waals surface area contributed by atoms with E-state index >= 15 is 0 Å². The van der Waals surface area contributed by atoms with Crippen molar-refractivity contribution < 1.29 is 0 Å². The Balaban J connectivity index is 0.00000200. The fraction of sp³-hybridized carbons (Fsp3) is 0.643. The first-order valence-electron chi connectivity index (χ1n) is 6.86. The van der Waals surface area contributed by atoms with E-state index in [1.807, 2.05) is 18.8 Å². The molecule has 0 saturated carbocycles. The van der Waals surface area contributed by atoms with E-state index in [0.717, 1.165) is 12.5 Å². The Hall–Kier alpha value is 0.0500. The Kier molecular flexibility index (Phi) is 8.95. The van der Waals surface area contributed by atoms with Gasteiger partial charge in [-0.2, -0.15) is 23.1 Å². The first-order valence-corrected chi connectivity index (χ1v) is 8.96. The summed E-state index contributed by atoms with van der Waals surface area (Å²) in [6, 6.07) is 2.77. The fourth-order valence-electron chi connectivity index (χ4n) is 2.17. The standard InChI is InChI=1S/C14H23N3S2.HI/c1-11(12-5-7-19-9-12)8-16-14(15-2)17-13-4-3-6-18-10-13;/h5,7,9,11,13H,3-4,6,8,10H2,1-2H3,(H2,15,16,17);1H. The van der Waals surface area contributed by atoms with E-state index in [0.29, 0.717) is 12.0 Å². The predicted molar refractivity (Wildman–Crippen MR) is 103 cm³/mol. The molecule has 3 nitrogen and oxygen atoms in total. The van der Waals surface area contributed by atoms with Crippen LogP contribution in [0.1, 0.15) is 31.2 Å². The number of halogens is 1. The molecule has 20 heavy (non-hydrogen) atoms. The highest BCUT2D eigenvalue weighted by atomic mass is 127. The Labute approximate surface area is 147 Å². The molecule has 2 unspecified atom stereocenters. The van der Waals surface area contributed by atoms with Gasteiger partial charge in [-0.05, 0) is 46.9 Å². The number of rotatable bonds is 4. The van der Waals surface area contributed by atoms with E-state index in [1.165, 1.54) is 29.9 Å². The third-order valence-corrected chi connectivity index (χ3v) is 5.33. The van der Waals surface area contributed by atoms with Crippen molar-refractivity contribution in [3.8, 4) is 0 Å². The summed E-state index contributed by atoms with van der Waals surface area (Å²) in [4.78, 5) is 4.32. The minimum Gasteiger partial charge on any atom is -0.356 e. The normalized spacial score (nSPS) is 20.9. The number of aliphatic imine (C=N–C) groups is 1.